The van der Waals surface area contributed by atoms with Gasteiger partial charge in [0.05, 0.1) is 8.07 Å². The van der Waals surface area contributed by atoms with Crippen LogP contribution in [-0.2, 0) is 0 Å². The van der Waals surface area contributed by atoms with Gasteiger partial charge in [0.15, 0.2) is 0 Å². The third-order valence-electron chi connectivity index (χ3n) is 2.70. The molecule has 13 heavy (non-hydrogen) atoms. The van der Waals surface area contributed by atoms with Gasteiger partial charge in [-0.15, -0.1) is 0 Å². The molecule has 0 saturated carbocycles. The summed E-state index contributed by atoms with van der Waals surface area (Å²) in [6.45, 7) is 9.45. The normalized spacial score (nSPS) is 26.3. The van der Waals surface area contributed by atoms with E-state index in [9.17, 15) is 0 Å². The number of nitrogens with zero attached hydrogens (tertiary/aromatic N) is 1. The molecule has 0 aromatic heterocycles. The zero-order chi connectivity index (χ0) is 9.90. The molecule has 1 aliphatic rings. The van der Waals surface area contributed by atoms with Crippen LogP contribution in [-0.4, -0.2) is 38.3 Å². The molecule has 0 aliphatic carbocycles. The molecule has 0 aromatic rings. The van der Waals surface area contributed by atoms with Crippen LogP contribution in [0.2, 0.25) is 19.6 Å². The number of hydrogen-bond acceptors (Lipinski definition) is 2. The van der Waals surface area contributed by atoms with Crippen LogP contribution in [0.1, 0.15) is 19.3 Å². The average molecular weight is 200 g/mol. The first-order chi connectivity index (χ1) is 6.03. The SMILES string of the molecule is C[Si](C)(C)CN1CCCC[C@H]1CN. The van der Waals surface area contributed by atoms with Gasteiger partial charge in [0.1, 0.15) is 0 Å². The summed E-state index contributed by atoms with van der Waals surface area (Å²) in [5.74, 6) is 0. The molecule has 0 spiro atoms. The summed E-state index contributed by atoms with van der Waals surface area (Å²) < 4.78 is 0. The smallest absolute Gasteiger partial charge is 0.0599 e. The van der Waals surface area contributed by atoms with Crippen molar-refractivity contribution in [1.82, 2.24) is 4.90 Å². The van der Waals surface area contributed by atoms with Gasteiger partial charge in [0.25, 0.3) is 0 Å². The van der Waals surface area contributed by atoms with Gasteiger partial charge >= 0.3 is 0 Å². The second-order valence-corrected chi connectivity index (χ2v) is 10.9. The summed E-state index contributed by atoms with van der Waals surface area (Å²) in [5.41, 5.74) is 5.79. The van der Waals surface area contributed by atoms with Crippen LogP contribution in [0.15, 0.2) is 0 Å². The second-order valence-electron chi connectivity index (χ2n) is 5.42. The minimum absolute atomic E-state index is 0.681. The van der Waals surface area contributed by atoms with E-state index in [1.54, 1.807) is 0 Å². The topological polar surface area (TPSA) is 29.3 Å². The van der Waals surface area contributed by atoms with Crippen LogP contribution in [0.25, 0.3) is 0 Å². The van der Waals surface area contributed by atoms with E-state index in [4.69, 9.17) is 5.73 Å². The molecular formula is C10H24N2Si. The molecule has 0 bridgehead atoms. The summed E-state index contributed by atoms with van der Waals surface area (Å²) in [7, 11) is -0.932. The molecule has 78 valence electrons. The predicted octanol–water partition coefficient (Wildman–Crippen LogP) is 1.68. The van der Waals surface area contributed by atoms with Crippen LogP contribution < -0.4 is 5.73 Å². The third kappa shape index (κ3) is 3.79. The fourth-order valence-corrected chi connectivity index (χ4v) is 3.78. The lowest BCUT2D eigenvalue weighted by Gasteiger charge is -2.38. The largest absolute Gasteiger partial charge is 0.329 e. The molecule has 3 heteroatoms. The van der Waals surface area contributed by atoms with Gasteiger partial charge in [-0.2, -0.15) is 0 Å². The van der Waals surface area contributed by atoms with Gasteiger partial charge in [-0.05, 0) is 25.6 Å². The Hall–Kier alpha value is 0.137. The predicted molar refractivity (Wildman–Crippen MR) is 61.6 cm³/mol. The average Bonchev–Trinajstić information content (AvgIpc) is 2.02. The Labute approximate surface area is 83.5 Å². The third-order valence-corrected chi connectivity index (χ3v) is 4.05. The Morgan fingerprint density at radius 2 is 2.00 bits per heavy atom. The minimum Gasteiger partial charge on any atom is -0.329 e. The van der Waals surface area contributed by atoms with Crippen molar-refractivity contribution in [2.24, 2.45) is 5.73 Å². The number of hydrogen-bond donors (Lipinski definition) is 1. The molecule has 1 saturated heterocycles. The van der Waals surface area contributed by atoms with E-state index in [1.165, 1.54) is 32.0 Å². The molecule has 0 unspecified atom stereocenters. The van der Waals surface area contributed by atoms with Gasteiger partial charge in [0.2, 0.25) is 0 Å². The number of likely N-dealkylation sites (tertiary alicyclic amines) is 1. The van der Waals surface area contributed by atoms with E-state index < -0.39 is 8.07 Å². The van der Waals surface area contributed by atoms with Gasteiger partial charge in [-0.25, -0.2) is 0 Å². The van der Waals surface area contributed by atoms with Crippen molar-refractivity contribution in [1.29, 1.82) is 0 Å². The molecule has 2 N–H and O–H groups in total. The highest BCUT2D eigenvalue weighted by molar-refractivity contribution is 6.76. The Balaban J connectivity index is 2.45. The number of piperidine rings is 1. The molecule has 1 fully saturated rings. The van der Waals surface area contributed by atoms with Crippen LogP contribution in [0.5, 0.6) is 0 Å². The van der Waals surface area contributed by atoms with Gasteiger partial charge in [0, 0.05) is 12.6 Å². The van der Waals surface area contributed by atoms with E-state index in [2.05, 4.69) is 24.5 Å². The van der Waals surface area contributed by atoms with Crippen molar-refractivity contribution in [2.45, 2.75) is 44.9 Å². The molecule has 0 radical (unpaired) electrons. The minimum atomic E-state index is -0.932. The molecule has 0 amide bonds. The monoisotopic (exact) mass is 200 g/mol. The molecule has 2 nitrogen and oxygen atoms in total. The lowest BCUT2D eigenvalue weighted by atomic mass is 10.0. The van der Waals surface area contributed by atoms with E-state index in [-0.39, 0.29) is 0 Å². The van der Waals surface area contributed by atoms with Crippen molar-refractivity contribution >= 4 is 8.07 Å². The summed E-state index contributed by atoms with van der Waals surface area (Å²) in [4.78, 5) is 2.63. The van der Waals surface area contributed by atoms with Crippen LogP contribution in [0, 0.1) is 0 Å². The highest BCUT2D eigenvalue weighted by Crippen LogP contribution is 2.18. The number of nitrogens with two attached hydrogens (primary N) is 1. The summed E-state index contributed by atoms with van der Waals surface area (Å²) in [6.07, 6.45) is 5.40. The zero-order valence-corrected chi connectivity index (χ0v) is 10.3. The maximum atomic E-state index is 5.79. The van der Waals surface area contributed by atoms with Gasteiger partial charge < -0.3 is 10.6 Å². The summed E-state index contributed by atoms with van der Waals surface area (Å²) >= 11 is 0. The standard InChI is InChI=1S/C10H24N2Si/c1-13(2,3)9-12-7-5-4-6-10(12)8-11/h10H,4-9,11H2,1-3H3/t10-/m0/s1. The van der Waals surface area contributed by atoms with Gasteiger partial charge in [-0.3, -0.25) is 0 Å². The maximum absolute atomic E-state index is 5.79. The lowest BCUT2D eigenvalue weighted by Crippen LogP contribution is -2.50. The van der Waals surface area contributed by atoms with Crippen molar-refractivity contribution in [3.05, 3.63) is 0 Å². The first-order valence-electron chi connectivity index (χ1n) is 5.47. The number of rotatable bonds is 3. The molecule has 1 atom stereocenters. The molecule has 1 heterocycles. The van der Waals surface area contributed by atoms with Crippen LogP contribution in [0.3, 0.4) is 0 Å². The first-order valence-corrected chi connectivity index (χ1v) is 9.18. The lowest BCUT2D eigenvalue weighted by molar-refractivity contribution is 0.176. The van der Waals surface area contributed by atoms with Crippen molar-refractivity contribution in [3.63, 3.8) is 0 Å². The Kier molecular flexibility index (Phi) is 3.95. The first kappa shape index (κ1) is 11.2. The van der Waals surface area contributed by atoms with Crippen molar-refractivity contribution in [3.8, 4) is 0 Å². The summed E-state index contributed by atoms with van der Waals surface area (Å²) in [5, 5.41) is 0. The summed E-state index contributed by atoms with van der Waals surface area (Å²) in [6, 6.07) is 0.681. The van der Waals surface area contributed by atoms with Crippen LogP contribution in [0.4, 0.5) is 0 Å². The van der Waals surface area contributed by atoms with E-state index in [1.807, 2.05) is 0 Å². The van der Waals surface area contributed by atoms with Crippen molar-refractivity contribution < 1.29 is 0 Å². The van der Waals surface area contributed by atoms with Gasteiger partial charge in [-0.1, -0.05) is 26.1 Å². The Morgan fingerprint density at radius 3 is 2.54 bits per heavy atom. The zero-order valence-electron chi connectivity index (χ0n) is 9.34. The van der Waals surface area contributed by atoms with Crippen molar-refractivity contribution in [2.75, 3.05) is 19.3 Å². The van der Waals surface area contributed by atoms with E-state index >= 15 is 0 Å². The molecule has 1 aliphatic heterocycles. The molecule has 0 aromatic carbocycles. The molecular weight excluding hydrogens is 176 g/mol. The fraction of sp³-hybridized carbons (Fsp3) is 1.00. The van der Waals surface area contributed by atoms with Crippen LogP contribution >= 0.6 is 0 Å². The fourth-order valence-electron chi connectivity index (χ4n) is 2.14. The highest BCUT2D eigenvalue weighted by atomic mass is 28.3. The van der Waals surface area contributed by atoms with E-state index in [0.29, 0.717) is 6.04 Å². The molecule has 1 rings (SSSR count). The maximum Gasteiger partial charge on any atom is 0.0599 e. The van der Waals surface area contributed by atoms with E-state index in [0.717, 1.165) is 6.54 Å². The Morgan fingerprint density at radius 1 is 1.31 bits per heavy atom. The quantitative estimate of drug-likeness (QED) is 0.702. The highest BCUT2D eigenvalue weighted by Gasteiger charge is 2.25. The Bertz CT molecular complexity index is 153. The second kappa shape index (κ2) is 4.58.